The Balaban J connectivity index is 4.42. The van der Waals surface area contributed by atoms with Crippen molar-refractivity contribution in [2.24, 2.45) is 10.8 Å². The highest BCUT2D eigenvalue weighted by Crippen LogP contribution is 2.30. The van der Waals surface area contributed by atoms with Crippen molar-refractivity contribution < 1.29 is 24.2 Å². The molecule has 0 aromatic rings. The quantitative estimate of drug-likeness (QED) is 0.0491. The number of aliphatic hydroxyl groups is 1. The standard InChI is InChI=1S/C49H97NO5/c1-8-11-14-17-20-23-28-36-46(52)54-44-49(6,7)38-30-25-32-40-50(41-33-42-51)39-31-24-29-37-48(4,5)43-47(53)55-45(34-26-21-18-15-12-9-2)35-27-22-19-16-13-10-3/h45,51H,8-44H2,1-7H3. The Morgan fingerprint density at radius 2 is 0.927 bits per heavy atom. The van der Waals surface area contributed by atoms with Gasteiger partial charge in [0.15, 0.2) is 0 Å². The first-order valence-electron chi connectivity index (χ1n) is 24.2. The lowest BCUT2D eigenvalue weighted by atomic mass is 9.83. The summed E-state index contributed by atoms with van der Waals surface area (Å²) in [7, 11) is 0. The lowest BCUT2D eigenvalue weighted by molar-refractivity contribution is -0.152. The van der Waals surface area contributed by atoms with Crippen LogP contribution in [-0.4, -0.2) is 60.9 Å². The van der Waals surface area contributed by atoms with E-state index in [1.807, 2.05) is 0 Å². The molecule has 6 heteroatoms. The first-order chi connectivity index (χ1) is 26.5. The molecule has 0 saturated carbocycles. The first-order valence-corrected chi connectivity index (χ1v) is 24.2. The fraction of sp³-hybridized carbons (Fsp3) is 0.959. The fourth-order valence-corrected chi connectivity index (χ4v) is 7.78. The lowest BCUT2D eigenvalue weighted by Crippen LogP contribution is -2.28. The van der Waals surface area contributed by atoms with E-state index in [2.05, 4.69) is 53.4 Å². The Morgan fingerprint density at radius 3 is 1.42 bits per heavy atom. The Labute approximate surface area is 343 Å². The van der Waals surface area contributed by atoms with E-state index in [0.717, 1.165) is 90.3 Å². The highest BCUT2D eigenvalue weighted by atomic mass is 16.5. The van der Waals surface area contributed by atoms with Gasteiger partial charge in [0.25, 0.3) is 0 Å². The Hall–Kier alpha value is -1.14. The van der Waals surface area contributed by atoms with Gasteiger partial charge >= 0.3 is 11.9 Å². The summed E-state index contributed by atoms with van der Waals surface area (Å²) in [6.07, 6.45) is 36.9. The summed E-state index contributed by atoms with van der Waals surface area (Å²) in [4.78, 5) is 28.0. The van der Waals surface area contributed by atoms with Gasteiger partial charge in [-0.1, -0.05) is 177 Å². The minimum atomic E-state index is -0.0435. The average Bonchev–Trinajstić information content (AvgIpc) is 3.14. The number of carbonyl (C=O) groups is 2. The number of hydrogen-bond acceptors (Lipinski definition) is 6. The van der Waals surface area contributed by atoms with Crippen LogP contribution in [0, 0.1) is 10.8 Å². The number of esters is 2. The third-order valence-corrected chi connectivity index (χ3v) is 11.6. The molecule has 0 aliphatic carbocycles. The molecule has 0 heterocycles. The highest BCUT2D eigenvalue weighted by molar-refractivity contribution is 5.70. The van der Waals surface area contributed by atoms with Crippen molar-refractivity contribution in [2.45, 2.75) is 260 Å². The second-order valence-electron chi connectivity index (χ2n) is 18.8. The third kappa shape index (κ3) is 36.9. The molecule has 0 spiro atoms. The van der Waals surface area contributed by atoms with Crippen LogP contribution in [0.15, 0.2) is 0 Å². The predicted octanol–water partition coefficient (Wildman–Crippen LogP) is 14.3. The summed E-state index contributed by atoms with van der Waals surface area (Å²) in [5.74, 6) is -0.0288. The number of hydrogen-bond donors (Lipinski definition) is 1. The van der Waals surface area contributed by atoms with Gasteiger partial charge in [0.05, 0.1) is 13.0 Å². The first kappa shape index (κ1) is 53.9. The van der Waals surface area contributed by atoms with Crippen LogP contribution in [0.25, 0.3) is 0 Å². The van der Waals surface area contributed by atoms with Crippen molar-refractivity contribution in [1.82, 2.24) is 4.90 Å². The van der Waals surface area contributed by atoms with Crippen molar-refractivity contribution in [2.75, 3.05) is 32.8 Å². The van der Waals surface area contributed by atoms with Crippen molar-refractivity contribution in [3.63, 3.8) is 0 Å². The molecule has 1 N–H and O–H groups in total. The molecule has 0 radical (unpaired) electrons. The zero-order valence-corrected chi connectivity index (χ0v) is 38.3. The Morgan fingerprint density at radius 1 is 0.509 bits per heavy atom. The monoisotopic (exact) mass is 780 g/mol. The van der Waals surface area contributed by atoms with Crippen molar-refractivity contribution >= 4 is 11.9 Å². The van der Waals surface area contributed by atoms with Gasteiger partial charge in [-0.05, 0) is 88.1 Å². The fourth-order valence-electron chi connectivity index (χ4n) is 7.78. The van der Waals surface area contributed by atoms with Crippen LogP contribution >= 0.6 is 0 Å². The molecule has 0 aromatic carbocycles. The van der Waals surface area contributed by atoms with E-state index in [-0.39, 0.29) is 35.5 Å². The van der Waals surface area contributed by atoms with Crippen molar-refractivity contribution in [3.05, 3.63) is 0 Å². The number of rotatable bonds is 42. The smallest absolute Gasteiger partial charge is 0.306 e. The van der Waals surface area contributed by atoms with Crippen LogP contribution in [0.1, 0.15) is 254 Å². The predicted molar refractivity (Wildman–Crippen MR) is 237 cm³/mol. The van der Waals surface area contributed by atoms with Crippen LogP contribution in [0.2, 0.25) is 0 Å². The minimum absolute atomic E-state index is 0.00495. The van der Waals surface area contributed by atoms with Gasteiger partial charge in [0.1, 0.15) is 6.10 Å². The molecule has 0 bridgehead atoms. The molecule has 0 aliphatic rings. The van der Waals surface area contributed by atoms with E-state index < -0.39 is 0 Å². The summed E-state index contributed by atoms with van der Waals surface area (Å²) in [5.41, 5.74) is -0.0299. The van der Waals surface area contributed by atoms with Crippen LogP contribution in [0.5, 0.6) is 0 Å². The summed E-state index contributed by atoms with van der Waals surface area (Å²) < 4.78 is 11.8. The van der Waals surface area contributed by atoms with Gasteiger partial charge in [-0.3, -0.25) is 9.59 Å². The molecule has 0 atom stereocenters. The molecule has 0 rings (SSSR count). The molecule has 0 aliphatic heterocycles. The Kier molecular flexibility index (Phi) is 36.4. The van der Waals surface area contributed by atoms with Crippen LogP contribution in [-0.2, 0) is 19.1 Å². The average molecular weight is 780 g/mol. The van der Waals surface area contributed by atoms with Crippen molar-refractivity contribution in [3.8, 4) is 0 Å². The molecule has 0 aromatic heterocycles. The normalized spacial score (nSPS) is 12.3. The highest BCUT2D eigenvalue weighted by Gasteiger charge is 2.25. The Bertz CT molecular complexity index is 842. The third-order valence-electron chi connectivity index (χ3n) is 11.6. The number of aliphatic hydroxyl groups excluding tert-OH is 1. The summed E-state index contributed by atoms with van der Waals surface area (Å²) in [6, 6.07) is 0. The summed E-state index contributed by atoms with van der Waals surface area (Å²) in [5, 5.41) is 9.49. The largest absolute Gasteiger partial charge is 0.465 e. The second kappa shape index (κ2) is 37.2. The van der Waals surface area contributed by atoms with E-state index in [1.54, 1.807) is 0 Å². The molecular weight excluding hydrogens is 683 g/mol. The van der Waals surface area contributed by atoms with Crippen molar-refractivity contribution in [1.29, 1.82) is 0 Å². The molecule has 328 valence electrons. The second-order valence-corrected chi connectivity index (χ2v) is 18.8. The van der Waals surface area contributed by atoms with Gasteiger partial charge in [-0.2, -0.15) is 0 Å². The maximum absolute atomic E-state index is 13.2. The lowest BCUT2D eigenvalue weighted by Gasteiger charge is -2.26. The maximum Gasteiger partial charge on any atom is 0.306 e. The molecule has 0 fully saturated rings. The van der Waals surface area contributed by atoms with Gasteiger partial charge in [0, 0.05) is 19.6 Å². The molecular formula is C49H97NO5. The van der Waals surface area contributed by atoms with E-state index in [1.165, 1.54) is 122 Å². The number of nitrogens with zero attached hydrogens (tertiary/aromatic N) is 1. The van der Waals surface area contributed by atoms with Crippen LogP contribution in [0.3, 0.4) is 0 Å². The van der Waals surface area contributed by atoms with Gasteiger partial charge in [0.2, 0.25) is 0 Å². The maximum atomic E-state index is 13.2. The summed E-state index contributed by atoms with van der Waals surface area (Å²) in [6.45, 7) is 19.5. The summed E-state index contributed by atoms with van der Waals surface area (Å²) >= 11 is 0. The van der Waals surface area contributed by atoms with E-state index in [0.29, 0.717) is 19.4 Å². The van der Waals surface area contributed by atoms with Gasteiger partial charge in [-0.25, -0.2) is 0 Å². The minimum Gasteiger partial charge on any atom is -0.465 e. The molecule has 6 nitrogen and oxygen atoms in total. The molecule has 0 amide bonds. The zero-order chi connectivity index (χ0) is 40.9. The van der Waals surface area contributed by atoms with Crippen LogP contribution < -0.4 is 0 Å². The van der Waals surface area contributed by atoms with Gasteiger partial charge < -0.3 is 19.5 Å². The molecule has 55 heavy (non-hydrogen) atoms. The van der Waals surface area contributed by atoms with E-state index in [9.17, 15) is 14.7 Å². The number of carbonyl (C=O) groups excluding carboxylic acids is 2. The molecule has 0 unspecified atom stereocenters. The number of unbranched alkanes of at least 4 members (excludes halogenated alkanes) is 20. The van der Waals surface area contributed by atoms with Crippen LogP contribution in [0.4, 0.5) is 0 Å². The van der Waals surface area contributed by atoms with E-state index in [4.69, 9.17) is 9.47 Å². The number of ether oxygens (including phenoxy) is 2. The van der Waals surface area contributed by atoms with E-state index >= 15 is 0 Å². The SMILES string of the molecule is CCCCCCCCCC(=O)OCC(C)(C)CCCCCN(CCCO)CCCCCC(C)(C)CC(=O)OC(CCCCCCCC)CCCCCCCC. The molecule has 0 saturated heterocycles. The topological polar surface area (TPSA) is 76.1 Å². The zero-order valence-electron chi connectivity index (χ0n) is 38.3. The van der Waals surface area contributed by atoms with Gasteiger partial charge in [-0.15, -0.1) is 0 Å².